The minimum Gasteiger partial charge on any atom is -0.492 e. The van der Waals surface area contributed by atoms with Gasteiger partial charge in [-0.25, -0.2) is 4.39 Å². The fraction of sp³-hybridized carbons (Fsp3) is 0.348. The highest BCUT2D eigenvalue weighted by Crippen LogP contribution is 2.19. The Bertz CT molecular complexity index is 990. The van der Waals surface area contributed by atoms with Crippen molar-refractivity contribution in [1.82, 2.24) is 15.1 Å². The largest absolute Gasteiger partial charge is 0.492 e. The van der Waals surface area contributed by atoms with Crippen molar-refractivity contribution in [3.63, 3.8) is 0 Å². The Morgan fingerprint density at radius 2 is 1.75 bits per heavy atom. The van der Waals surface area contributed by atoms with Crippen molar-refractivity contribution in [2.24, 2.45) is 0 Å². The molecular weight excluding hydrogens is 415 g/mol. The van der Waals surface area contributed by atoms with Gasteiger partial charge < -0.3 is 20.3 Å². The van der Waals surface area contributed by atoms with E-state index in [9.17, 15) is 18.8 Å². The van der Waals surface area contributed by atoms with Crippen LogP contribution in [0.25, 0.3) is 0 Å². The van der Waals surface area contributed by atoms with Crippen LogP contribution in [0.3, 0.4) is 0 Å². The minimum absolute atomic E-state index is 0.0841. The SMILES string of the molecule is O=C1N[C@@H](CC(=O)N2CCN(CCOc3ccc(F)cc3)CC2)C(=O)Nc2ccccc21. The molecule has 2 aliphatic rings. The highest BCUT2D eigenvalue weighted by molar-refractivity contribution is 6.10. The second kappa shape index (κ2) is 9.78. The standard InChI is InChI=1S/C23H25FN4O4/c24-16-5-7-17(8-6-16)32-14-13-27-9-11-28(12-10-27)21(29)15-20-23(31)25-19-4-2-1-3-18(19)22(30)26-20/h1-8,20H,9-15H2,(H,25,31)(H,26,30)/t20-/m0/s1. The molecule has 0 radical (unpaired) electrons. The van der Waals surface area contributed by atoms with Gasteiger partial charge in [0.1, 0.15) is 24.2 Å². The van der Waals surface area contributed by atoms with Crippen molar-refractivity contribution >= 4 is 23.4 Å². The number of hydrogen-bond donors (Lipinski definition) is 2. The zero-order valence-corrected chi connectivity index (χ0v) is 17.6. The smallest absolute Gasteiger partial charge is 0.254 e. The number of para-hydroxylation sites is 1. The molecule has 168 valence electrons. The van der Waals surface area contributed by atoms with E-state index in [-0.39, 0.29) is 24.1 Å². The molecule has 8 nitrogen and oxygen atoms in total. The van der Waals surface area contributed by atoms with Crippen LogP contribution in [0.4, 0.5) is 10.1 Å². The predicted molar refractivity (Wildman–Crippen MR) is 116 cm³/mol. The molecule has 3 amide bonds. The van der Waals surface area contributed by atoms with Gasteiger partial charge in [0.15, 0.2) is 0 Å². The fourth-order valence-electron chi connectivity index (χ4n) is 3.80. The third-order valence-electron chi connectivity index (χ3n) is 5.64. The Labute approximate surface area is 185 Å². The normalized spacial score (nSPS) is 18.9. The molecule has 0 aromatic heterocycles. The third-order valence-corrected chi connectivity index (χ3v) is 5.64. The number of carbonyl (C=O) groups is 3. The summed E-state index contributed by atoms with van der Waals surface area (Å²) in [6, 6.07) is 11.7. The summed E-state index contributed by atoms with van der Waals surface area (Å²) < 4.78 is 18.6. The molecule has 2 aromatic carbocycles. The van der Waals surface area contributed by atoms with E-state index in [2.05, 4.69) is 15.5 Å². The van der Waals surface area contributed by atoms with Gasteiger partial charge in [-0.3, -0.25) is 19.3 Å². The molecule has 0 spiro atoms. The summed E-state index contributed by atoms with van der Waals surface area (Å²) in [4.78, 5) is 41.6. The van der Waals surface area contributed by atoms with Crippen molar-refractivity contribution in [2.75, 3.05) is 44.6 Å². The molecule has 1 atom stereocenters. The number of ether oxygens (including phenoxy) is 1. The lowest BCUT2D eigenvalue weighted by Gasteiger charge is -2.35. The van der Waals surface area contributed by atoms with Gasteiger partial charge >= 0.3 is 0 Å². The Balaban J connectivity index is 1.23. The summed E-state index contributed by atoms with van der Waals surface area (Å²) in [6.45, 7) is 3.61. The number of carbonyl (C=O) groups excluding carboxylic acids is 3. The molecule has 2 heterocycles. The lowest BCUT2D eigenvalue weighted by Crippen LogP contribution is -2.52. The number of nitrogens with zero attached hydrogens (tertiary/aromatic N) is 2. The number of halogens is 1. The number of fused-ring (bicyclic) bond motifs is 1. The Kier molecular flexibility index (Phi) is 6.65. The van der Waals surface area contributed by atoms with Crippen LogP contribution in [0, 0.1) is 5.82 Å². The Morgan fingerprint density at radius 1 is 1.03 bits per heavy atom. The van der Waals surface area contributed by atoms with Crippen molar-refractivity contribution in [3.05, 3.63) is 59.9 Å². The maximum absolute atomic E-state index is 12.9. The second-order valence-electron chi connectivity index (χ2n) is 7.79. The fourth-order valence-corrected chi connectivity index (χ4v) is 3.80. The van der Waals surface area contributed by atoms with E-state index in [1.165, 1.54) is 12.1 Å². The van der Waals surface area contributed by atoms with Crippen LogP contribution in [0.15, 0.2) is 48.5 Å². The van der Waals surface area contributed by atoms with Crippen LogP contribution in [-0.2, 0) is 9.59 Å². The monoisotopic (exact) mass is 440 g/mol. The van der Waals surface area contributed by atoms with Gasteiger partial charge in [0.2, 0.25) is 11.8 Å². The van der Waals surface area contributed by atoms with Crippen LogP contribution in [0.1, 0.15) is 16.8 Å². The van der Waals surface area contributed by atoms with Crippen molar-refractivity contribution < 1.29 is 23.5 Å². The first kappa shape index (κ1) is 21.8. The number of benzene rings is 2. The van der Waals surface area contributed by atoms with E-state index in [1.807, 2.05) is 0 Å². The average molecular weight is 440 g/mol. The topological polar surface area (TPSA) is 91.0 Å². The van der Waals surface area contributed by atoms with Crippen LogP contribution in [0.2, 0.25) is 0 Å². The molecular formula is C23H25FN4O4. The molecule has 2 aliphatic heterocycles. The summed E-state index contributed by atoms with van der Waals surface area (Å²) >= 11 is 0. The minimum atomic E-state index is -0.912. The molecule has 0 aliphatic carbocycles. The third kappa shape index (κ3) is 5.23. The Morgan fingerprint density at radius 3 is 2.50 bits per heavy atom. The molecule has 0 saturated carbocycles. The maximum atomic E-state index is 12.9. The van der Waals surface area contributed by atoms with Crippen LogP contribution < -0.4 is 15.4 Å². The lowest BCUT2D eigenvalue weighted by molar-refractivity contribution is -0.135. The van der Waals surface area contributed by atoms with Gasteiger partial charge in [-0.15, -0.1) is 0 Å². The zero-order valence-electron chi connectivity index (χ0n) is 17.6. The van der Waals surface area contributed by atoms with E-state index >= 15 is 0 Å². The highest BCUT2D eigenvalue weighted by atomic mass is 19.1. The van der Waals surface area contributed by atoms with Gasteiger partial charge in [0.05, 0.1) is 17.7 Å². The zero-order chi connectivity index (χ0) is 22.5. The van der Waals surface area contributed by atoms with Gasteiger partial charge in [-0.2, -0.15) is 0 Å². The summed E-state index contributed by atoms with van der Waals surface area (Å²) in [5.74, 6) is -0.621. The first-order chi connectivity index (χ1) is 15.5. The molecule has 2 N–H and O–H groups in total. The summed E-state index contributed by atoms with van der Waals surface area (Å²) in [5, 5.41) is 5.38. The van der Waals surface area contributed by atoms with Gasteiger partial charge in [0.25, 0.3) is 5.91 Å². The molecule has 2 aromatic rings. The average Bonchev–Trinajstić information content (AvgIpc) is 2.91. The molecule has 9 heteroatoms. The van der Waals surface area contributed by atoms with Crippen molar-refractivity contribution in [3.8, 4) is 5.75 Å². The number of hydrogen-bond acceptors (Lipinski definition) is 5. The second-order valence-corrected chi connectivity index (χ2v) is 7.79. The number of piperazine rings is 1. The van der Waals surface area contributed by atoms with Gasteiger partial charge in [0, 0.05) is 32.7 Å². The summed E-state index contributed by atoms with van der Waals surface area (Å²) in [7, 11) is 0. The van der Waals surface area contributed by atoms with E-state index in [0.717, 1.165) is 0 Å². The molecule has 32 heavy (non-hydrogen) atoms. The molecule has 0 unspecified atom stereocenters. The van der Waals surface area contributed by atoms with Crippen LogP contribution in [0.5, 0.6) is 5.75 Å². The molecule has 1 fully saturated rings. The predicted octanol–water partition coefficient (Wildman–Crippen LogP) is 1.49. The molecule has 4 rings (SSSR count). The Hall–Kier alpha value is -3.46. The summed E-state index contributed by atoms with van der Waals surface area (Å²) in [6.07, 6.45) is -0.0841. The summed E-state index contributed by atoms with van der Waals surface area (Å²) in [5.41, 5.74) is 0.827. The first-order valence-corrected chi connectivity index (χ1v) is 10.6. The van der Waals surface area contributed by atoms with Crippen molar-refractivity contribution in [2.45, 2.75) is 12.5 Å². The first-order valence-electron chi connectivity index (χ1n) is 10.6. The lowest BCUT2D eigenvalue weighted by atomic mass is 10.1. The number of rotatable bonds is 6. The molecule has 1 saturated heterocycles. The molecule has 0 bridgehead atoms. The van der Waals surface area contributed by atoms with Crippen LogP contribution in [-0.4, -0.2) is 72.9 Å². The van der Waals surface area contributed by atoms with E-state index in [1.54, 1.807) is 41.3 Å². The number of nitrogens with one attached hydrogen (secondary N) is 2. The van der Waals surface area contributed by atoms with E-state index in [4.69, 9.17) is 4.74 Å². The highest BCUT2D eigenvalue weighted by Gasteiger charge is 2.31. The van der Waals surface area contributed by atoms with Crippen LogP contribution >= 0.6 is 0 Å². The van der Waals surface area contributed by atoms with Crippen molar-refractivity contribution in [1.29, 1.82) is 0 Å². The van der Waals surface area contributed by atoms with Gasteiger partial charge in [-0.1, -0.05) is 12.1 Å². The maximum Gasteiger partial charge on any atom is 0.254 e. The van der Waals surface area contributed by atoms with Gasteiger partial charge in [-0.05, 0) is 36.4 Å². The van der Waals surface area contributed by atoms with E-state index < -0.39 is 11.9 Å². The number of anilines is 1. The van der Waals surface area contributed by atoms with E-state index in [0.29, 0.717) is 56.3 Å². The number of amides is 3. The quantitative estimate of drug-likeness (QED) is 0.710.